The Morgan fingerprint density at radius 2 is 2.00 bits per heavy atom. The van der Waals surface area contributed by atoms with Gasteiger partial charge >= 0.3 is 11.9 Å². The molecule has 0 fully saturated rings. The topological polar surface area (TPSA) is 55.8 Å². The van der Waals surface area contributed by atoms with E-state index in [2.05, 4.69) is 4.90 Å². The highest BCUT2D eigenvalue weighted by atomic mass is 32.1. The molecule has 0 radical (unpaired) electrons. The lowest BCUT2D eigenvalue weighted by atomic mass is 10.0. The molecule has 5 nitrogen and oxygen atoms in total. The summed E-state index contributed by atoms with van der Waals surface area (Å²) in [6, 6.07) is 11.1. The van der Waals surface area contributed by atoms with Crippen LogP contribution >= 0.6 is 11.3 Å². The zero-order valence-corrected chi connectivity index (χ0v) is 14.5. The molecule has 0 bridgehead atoms. The van der Waals surface area contributed by atoms with E-state index in [-0.39, 0.29) is 11.9 Å². The quantitative estimate of drug-likeness (QED) is 0.798. The van der Waals surface area contributed by atoms with Crippen LogP contribution in [0.15, 0.2) is 36.4 Å². The van der Waals surface area contributed by atoms with Crippen molar-refractivity contribution in [1.29, 1.82) is 0 Å². The number of hydrogen-bond donors (Lipinski definition) is 0. The normalized spacial score (nSPS) is 15.4. The van der Waals surface area contributed by atoms with Gasteiger partial charge in [0.1, 0.15) is 6.04 Å². The maximum absolute atomic E-state index is 12.3. The van der Waals surface area contributed by atoms with Gasteiger partial charge < -0.3 is 9.47 Å². The fourth-order valence-corrected chi connectivity index (χ4v) is 4.03. The van der Waals surface area contributed by atoms with Gasteiger partial charge in [-0.05, 0) is 23.6 Å². The largest absolute Gasteiger partial charge is 0.468 e. The van der Waals surface area contributed by atoms with Crippen LogP contribution in [0, 0.1) is 0 Å². The average molecular weight is 345 g/mol. The highest BCUT2D eigenvalue weighted by Gasteiger charge is 2.32. The van der Waals surface area contributed by atoms with Gasteiger partial charge in [0.05, 0.1) is 7.11 Å². The van der Waals surface area contributed by atoms with Crippen LogP contribution in [-0.4, -0.2) is 30.5 Å². The van der Waals surface area contributed by atoms with Crippen molar-refractivity contribution in [3.05, 3.63) is 52.4 Å². The Morgan fingerprint density at radius 1 is 1.25 bits per heavy atom. The molecule has 0 saturated carbocycles. The van der Waals surface area contributed by atoms with E-state index < -0.39 is 6.04 Å². The van der Waals surface area contributed by atoms with Crippen molar-refractivity contribution in [2.24, 2.45) is 0 Å². The standard InChI is InChI=1S/C18H19NO4S/c1-12(20)23-16-10-14-11-19(9-8-15(14)24-16)17(18(21)22-2)13-6-4-3-5-7-13/h3-7,10,17H,8-9,11H2,1-2H3. The molecule has 0 amide bonds. The smallest absolute Gasteiger partial charge is 0.327 e. The monoisotopic (exact) mass is 345 g/mol. The third-order valence-corrected chi connectivity index (χ3v) is 5.14. The second kappa shape index (κ2) is 7.15. The Kier molecular flexibility index (Phi) is 4.97. The molecule has 1 aromatic carbocycles. The Bertz CT molecular complexity index is 741. The minimum Gasteiger partial charge on any atom is -0.468 e. The molecular formula is C18H19NO4S. The number of fused-ring (bicyclic) bond motifs is 1. The highest BCUT2D eigenvalue weighted by molar-refractivity contribution is 7.14. The third-order valence-electron chi connectivity index (χ3n) is 4.02. The minimum absolute atomic E-state index is 0.264. The van der Waals surface area contributed by atoms with E-state index in [1.165, 1.54) is 30.2 Å². The van der Waals surface area contributed by atoms with Gasteiger partial charge in [-0.2, -0.15) is 0 Å². The van der Waals surface area contributed by atoms with Gasteiger partial charge in [0.25, 0.3) is 0 Å². The van der Waals surface area contributed by atoms with Crippen molar-refractivity contribution in [3.63, 3.8) is 0 Å². The molecule has 0 spiro atoms. The molecule has 24 heavy (non-hydrogen) atoms. The van der Waals surface area contributed by atoms with Crippen molar-refractivity contribution in [2.75, 3.05) is 13.7 Å². The zero-order chi connectivity index (χ0) is 17.1. The number of esters is 2. The summed E-state index contributed by atoms with van der Waals surface area (Å²) >= 11 is 1.50. The van der Waals surface area contributed by atoms with Crippen LogP contribution in [0.1, 0.15) is 29.0 Å². The molecule has 2 aromatic rings. The van der Waals surface area contributed by atoms with Crippen molar-refractivity contribution in [1.82, 2.24) is 4.90 Å². The Hall–Kier alpha value is -2.18. The lowest BCUT2D eigenvalue weighted by molar-refractivity contribution is -0.147. The molecule has 0 aliphatic carbocycles. The van der Waals surface area contributed by atoms with E-state index >= 15 is 0 Å². The predicted molar refractivity (Wildman–Crippen MR) is 90.9 cm³/mol. The summed E-state index contributed by atoms with van der Waals surface area (Å²) in [7, 11) is 1.41. The van der Waals surface area contributed by atoms with Crippen LogP contribution < -0.4 is 4.74 Å². The number of carbonyl (C=O) groups is 2. The van der Waals surface area contributed by atoms with Gasteiger partial charge in [-0.1, -0.05) is 30.3 Å². The maximum atomic E-state index is 12.3. The minimum atomic E-state index is -0.429. The highest BCUT2D eigenvalue weighted by Crippen LogP contribution is 2.36. The number of hydrogen-bond acceptors (Lipinski definition) is 6. The summed E-state index contributed by atoms with van der Waals surface area (Å²) in [6.07, 6.45) is 0.821. The first-order valence-corrected chi connectivity index (χ1v) is 8.57. The summed E-state index contributed by atoms with van der Waals surface area (Å²) in [6.45, 7) is 2.77. The number of benzene rings is 1. The first-order chi connectivity index (χ1) is 11.6. The summed E-state index contributed by atoms with van der Waals surface area (Å²) in [5.74, 6) is -0.581. The van der Waals surface area contributed by atoms with Crippen molar-refractivity contribution < 1.29 is 19.1 Å². The number of thiophene rings is 1. The SMILES string of the molecule is COC(=O)C(c1ccccc1)N1CCc2sc(OC(C)=O)cc2C1. The summed E-state index contributed by atoms with van der Waals surface area (Å²) in [5, 5.41) is 0.615. The molecule has 1 aliphatic rings. The molecule has 1 unspecified atom stereocenters. The van der Waals surface area contributed by atoms with Crippen molar-refractivity contribution in [2.45, 2.75) is 25.9 Å². The van der Waals surface area contributed by atoms with Gasteiger partial charge in [-0.3, -0.25) is 9.69 Å². The van der Waals surface area contributed by atoms with E-state index in [0.717, 1.165) is 24.1 Å². The number of nitrogens with zero attached hydrogens (tertiary/aromatic N) is 1. The summed E-state index contributed by atoms with van der Waals surface area (Å²) in [4.78, 5) is 26.8. The Morgan fingerprint density at radius 3 is 2.67 bits per heavy atom. The summed E-state index contributed by atoms with van der Waals surface area (Å²) in [5.41, 5.74) is 2.02. The first-order valence-electron chi connectivity index (χ1n) is 7.75. The second-order valence-electron chi connectivity index (χ2n) is 5.66. The van der Waals surface area contributed by atoms with Crippen LogP contribution in [0.4, 0.5) is 0 Å². The third kappa shape index (κ3) is 3.49. The van der Waals surface area contributed by atoms with Crippen molar-refractivity contribution in [3.8, 4) is 5.06 Å². The molecule has 1 aliphatic heterocycles. The average Bonchev–Trinajstić information content (AvgIpc) is 2.96. The van der Waals surface area contributed by atoms with Crippen LogP contribution in [0.25, 0.3) is 0 Å². The lowest BCUT2D eigenvalue weighted by Gasteiger charge is -2.32. The van der Waals surface area contributed by atoms with E-state index in [0.29, 0.717) is 11.6 Å². The molecule has 6 heteroatoms. The number of rotatable bonds is 4. The van der Waals surface area contributed by atoms with Crippen molar-refractivity contribution >= 4 is 23.3 Å². The second-order valence-corrected chi connectivity index (χ2v) is 6.76. The first kappa shape index (κ1) is 16.7. The molecular weight excluding hydrogens is 326 g/mol. The van der Waals surface area contributed by atoms with Crippen LogP contribution in [0.3, 0.4) is 0 Å². The Balaban J connectivity index is 1.85. The molecule has 2 heterocycles. The van der Waals surface area contributed by atoms with Gasteiger partial charge in [0.15, 0.2) is 5.06 Å². The zero-order valence-electron chi connectivity index (χ0n) is 13.7. The predicted octanol–water partition coefficient (Wildman–Crippen LogP) is 2.95. The summed E-state index contributed by atoms with van der Waals surface area (Å²) < 4.78 is 10.2. The fraction of sp³-hybridized carbons (Fsp3) is 0.333. The van der Waals surface area contributed by atoms with Crippen LogP contribution in [0.5, 0.6) is 5.06 Å². The van der Waals surface area contributed by atoms with E-state index in [1.54, 1.807) is 0 Å². The molecule has 1 atom stereocenters. The molecule has 1 aromatic heterocycles. The molecule has 0 saturated heterocycles. The Labute approximate surface area is 144 Å². The molecule has 0 N–H and O–H groups in total. The maximum Gasteiger partial charge on any atom is 0.327 e. The van der Waals surface area contributed by atoms with E-state index in [4.69, 9.17) is 9.47 Å². The molecule has 126 valence electrons. The van der Waals surface area contributed by atoms with Gasteiger partial charge in [-0.15, -0.1) is 11.3 Å². The van der Waals surface area contributed by atoms with Gasteiger partial charge in [-0.25, -0.2) is 4.79 Å². The van der Waals surface area contributed by atoms with Gasteiger partial charge in [0.2, 0.25) is 0 Å². The van der Waals surface area contributed by atoms with Gasteiger partial charge in [0, 0.05) is 24.9 Å². The van der Waals surface area contributed by atoms with Crippen LogP contribution in [0.2, 0.25) is 0 Å². The van der Waals surface area contributed by atoms with E-state index in [1.807, 2.05) is 36.4 Å². The number of carbonyl (C=O) groups excluding carboxylic acids is 2. The fourth-order valence-electron chi connectivity index (χ4n) is 2.98. The molecule has 3 rings (SSSR count). The number of methoxy groups -OCH3 is 1. The van der Waals surface area contributed by atoms with E-state index in [9.17, 15) is 9.59 Å². The lowest BCUT2D eigenvalue weighted by Crippen LogP contribution is -2.38. The number of ether oxygens (including phenoxy) is 2. The van der Waals surface area contributed by atoms with Crippen LogP contribution in [-0.2, 0) is 27.3 Å².